The third-order valence-electron chi connectivity index (χ3n) is 1.57. The summed E-state index contributed by atoms with van der Waals surface area (Å²) in [7, 11) is -4.88. The molecule has 1 aromatic rings. The van der Waals surface area contributed by atoms with Crippen LogP contribution in [0.15, 0.2) is 24.3 Å². The maximum atomic E-state index is 10.9. The van der Waals surface area contributed by atoms with Crippen molar-refractivity contribution < 1.29 is 24.1 Å². The van der Waals surface area contributed by atoms with Crippen molar-refractivity contribution in [3.8, 4) is 0 Å². The fourth-order valence-corrected chi connectivity index (χ4v) is 1.17. The molecule has 0 aliphatic carbocycles. The summed E-state index contributed by atoms with van der Waals surface area (Å²) < 4.78 is 10.5. The number of nitro groups is 1. The van der Waals surface area contributed by atoms with E-state index in [1.165, 1.54) is 18.2 Å². The Kier molecular flexibility index (Phi) is 5.97. The van der Waals surface area contributed by atoms with Crippen molar-refractivity contribution in [1.29, 1.82) is 0 Å². The van der Waals surface area contributed by atoms with Gasteiger partial charge in [0.15, 0.2) is 0 Å². The molecular weight excluding hydrogens is 262 g/mol. The number of amides is 1. The van der Waals surface area contributed by atoms with Gasteiger partial charge in [0.1, 0.15) is 0 Å². The first kappa shape index (κ1) is 16.2. The number of non-ortho nitro benzene ring substituents is 1. The SMILES string of the molecule is O=C(Nc1cccc([N+](=O)[O-])c1)P(=O)(O)O.[Na]. The third-order valence-corrected chi connectivity index (χ3v) is 2.21. The second-order valence-electron chi connectivity index (χ2n) is 2.78. The van der Waals surface area contributed by atoms with Crippen LogP contribution in [0.4, 0.5) is 16.2 Å². The van der Waals surface area contributed by atoms with Gasteiger partial charge < -0.3 is 15.1 Å². The van der Waals surface area contributed by atoms with Crippen LogP contribution in [-0.4, -0.2) is 49.9 Å². The van der Waals surface area contributed by atoms with E-state index in [9.17, 15) is 19.5 Å². The van der Waals surface area contributed by atoms with Crippen molar-refractivity contribution in [3.63, 3.8) is 0 Å². The smallest absolute Gasteiger partial charge is 0.318 e. The maximum Gasteiger partial charge on any atom is 0.413 e. The van der Waals surface area contributed by atoms with Gasteiger partial charge in [-0.2, -0.15) is 0 Å². The number of carbonyl (C=O) groups excluding carboxylic acids is 1. The van der Waals surface area contributed by atoms with Gasteiger partial charge in [0.25, 0.3) is 5.69 Å². The zero-order valence-corrected chi connectivity index (χ0v) is 11.6. The molecule has 0 saturated heterocycles. The summed E-state index contributed by atoms with van der Waals surface area (Å²) in [5, 5.41) is 12.2. The number of nitro benzene ring substituents is 1. The molecule has 87 valence electrons. The molecular formula is C7H7N2NaO6P. The molecule has 0 unspecified atom stereocenters. The molecule has 0 bridgehead atoms. The number of nitrogens with zero attached hydrogens (tertiary/aromatic N) is 1. The fraction of sp³-hybridized carbons (Fsp3) is 0. The molecule has 0 aliphatic heterocycles. The van der Waals surface area contributed by atoms with E-state index in [-0.39, 0.29) is 40.9 Å². The van der Waals surface area contributed by atoms with Crippen molar-refractivity contribution >= 4 is 54.2 Å². The van der Waals surface area contributed by atoms with Crippen molar-refractivity contribution in [2.45, 2.75) is 0 Å². The number of hydrogen-bond acceptors (Lipinski definition) is 4. The number of rotatable bonds is 3. The topological polar surface area (TPSA) is 130 Å². The Hall–Kier alpha value is -0.760. The van der Waals surface area contributed by atoms with Gasteiger partial charge >= 0.3 is 13.2 Å². The quantitative estimate of drug-likeness (QED) is 0.324. The Morgan fingerprint density at radius 2 is 2.00 bits per heavy atom. The van der Waals surface area contributed by atoms with Crippen molar-refractivity contribution in [2.75, 3.05) is 5.32 Å². The molecule has 1 radical (unpaired) electrons. The van der Waals surface area contributed by atoms with Gasteiger partial charge in [-0.05, 0) is 6.07 Å². The van der Waals surface area contributed by atoms with E-state index in [1.807, 2.05) is 5.32 Å². The van der Waals surface area contributed by atoms with Gasteiger partial charge in [-0.1, -0.05) is 6.07 Å². The van der Waals surface area contributed by atoms with E-state index >= 15 is 0 Å². The molecule has 0 saturated carbocycles. The molecule has 3 N–H and O–H groups in total. The van der Waals surface area contributed by atoms with E-state index in [1.54, 1.807) is 0 Å². The summed E-state index contributed by atoms with van der Waals surface area (Å²) in [5.41, 5.74) is -1.85. The molecule has 0 fully saturated rings. The predicted molar refractivity (Wildman–Crippen MR) is 59.9 cm³/mol. The molecule has 1 aromatic carbocycles. The summed E-state index contributed by atoms with van der Waals surface area (Å²) in [6.45, 7) is 0. The molecule has 1 rings (SSSR count). The molecule has 0 aromatic heterocycles. The third kappa shape index (κ3) is 4.95. The van der Waals surface area contributed by atoms with E-state index in [2.05, 4.69) is 0 Å². The van der Waals surface area contributed by atoms with Crippen LogP contribution in [0.25, 0.3) is 0 Å². The number of hydrogen-bond donors (Lipinski definition) is 3. The number of benzene rings is 1. The first-order valence-corrected chi connectivity index (χ1v) is 5.53. The molecule has 1 amide bonds. The van der Waals surface area contributed by atoms with Gasteiger partial charge in [-0.3, -0.25) is 14.9 Å². The molecule has 0 heterocycles. The van der Waals surface area contributed by atoms with Crippen LogP contribution in [0.2, 0.25) is 0 Å². The van der Waals surface area contributed by atoms with E-state index < -0.39 is 18.2 Å². The average molecular weight is 269 g/mol. The van der Waals surface area contributed by atoms with Crippen LogP contribution < -0.4 is 5.32 Å². The molecule has 0 atom stereocenters. The van der Waals surface area contributed by atoms with Crippen LogP contribution in [0.3, 0.4) is 0 Å². The summed E-state index contributed by atoms with van der Waals surface area (Å²) in [5.74, 6) is 0. The molecule has 0 spiro atoms. The van der Waals surface area contributed by atoms with Crippen LogP contribution in [0.5, 0.6) is 0 Å². The Bertz CT molecular complexity index is 487. The predicted octanol–water partition coefficient (Wildman–Crippen LogP) is 0.924. The van der Waals surface area contributed by atoms with E-state index in [4.69, 9.17) is 9.79 Å². The number of nitrogens with one attached hydrogen (secondary N) is 1. The molecule has 10 heteroatoms. The monoisotopic (exact) mass is 269 g/mol. The van der Waals surface area contributed by atoms with Crippen LogP contribution >= 0.6 is 7.60 Å². The van der Waals surface area contributed by atoms with E-state index in [0.29, 0.717) is 0 Å². The zero-order chi connectivity index (χ0) is 12.3. The fourth-order valence-electron chi connectivity index (χ4n) is 0.894. The number of carbonyl (C=O) groups is 1. The second-order valence-corrected chi connectivity index (χ2v) is 4.28. The first-order valence-electron chi connectivity index (χ1n) is 3.92. The average Bonchev–Trinajstić information content (AvgIpc) is 2.16. The van der Waals surface area contributed by atoms with E-state index in [0.717, 1.165) is 6.07 Å². The summed E-state index contributed by atoms with van der Waals surface area (Å²) in [6.07, 6.45) is 0. The summed E-state index contributed by atoms with van der Waals surface area (Å²) in [6, 6.07) is 4.74. The number of anilines is 1. The van der Waals surface area contributed by atoms with Gasteiger partial charge in [0, 0.05) is 47.4 Å². The Balaban J connectivity index is 0.00000256. The Morgan fingerprint density at radius 1 is 1.41 bits per heavy atom. The summed E-state index contributed by atoms with van der Waals surface area (Å²) >= 11 is 0. The zero-order valence-electron chi connectivity index (χ0n) is 8.73. The minimum atomic E-state index is -4.88. The van der Waals surface area contributed by atoms with Crippen molar-refractivity contribution in [2.24, 2.45) is 0 Å². The first-order chi connectivity index (χ1) is 7.30. The van der Waals surface area contributed by atoms with Gasteiger partial charge in [-0.25, -0.2) is 4.57 Å². The Morgan fingerprint density at radius 3 is 2.47 bits per heavy atom. The normalized spacial score (nSPS) is 10.2. The van der Waals surface area contributed by atoms with Gasteiger partial charge in [-0.15, -0.1) is 0 Å². The molecule has 8 nitrogen and oxygen atoms in total. The van der Waals surface area contributed by atoms with Gasteiger partial charge in [0.2, 0.25) is 0 Å². The molecule has 0 aliphatic rings. The van der Waals surface area contributed by atoms with Crippen LogP contribution in [-0.2, 0) is 4.57 Å². The van der Waals surface area contributed by atoms with Gasteiger partial charge in [0.05, 0.1) is 4.92 Å². The second kappa shape index (κ2) is 6.25. The minimum absolute atomic E-state index is 0. The van der Waals surface area contributed by atoms with Crippen LogP contribution in [0, 0.1) is 10.1 Å². The van der Waals surface area contributed by atoms with Crippen LogP contribution in [0.1, 0.15) is 0 Å². The maximum absolute atomic E-state index is 10.9. The summed E-state index contributed by atoms with van der Waals surface area (Å²) in [4.78, 5) is 37.5. The Labute approximate surface area is 118 Å². The minimum Gasteiger partial charge on any atom is -0.318 e. The molecule has 17 heavy (non-hydrogen) atoms. The van der Waals surface area contributed by atoms with Crippen molar-refractivity contribution in [3.05, 3.63) is 34.4 Å². The largest absolute Gasteiger partial charge is 0.413 e. The van der Waals surface area contributed by atoms with Crippen molar-refractivity contribution in [1.82, 2.24) is 0 Å². The standard InChI is InChI=1S/C7H7N2O6P.Na/c10-7(16(13,14)15)8-5-2-1-3-6(4-5)9(11)12;/h1-4H,(H,8,10)(H2,13,14,15);.